The second-order valence-electron chi connectivity index (χ2n) is 4.12. The Bertz CT molecular complexity index is 318. The molecule has 0 aromatic carbocycles. The van der Waals surface area contributed by atoms with Gasteiger partial charge in [0.2, 0.25) is 0 Å². The number of hydrogen-bond acceptors (Lipinski definition) is 4. The molecule has 1 aromatic rings. The summed E-state index contributed by atoms with van der Waals surface area (Å²) in [5.41, 5.74) is 0. The Morgan fingerprint density at radius 1 is 1.50 bits per heavy atom. The lowest BCUT2D eigenvalue weighted by molar-refractivity contribution is -0.0512. The number of ether oxygens (including phenoxy) is 2. The molecule has 0 amide bonds. The molecule has 1 aliphatic heterocycles. The van der Waals surface area contributed by atoms with Gasteiger partial charge in [-0.3, -0.25) is 0 Å². The molecular weight excluding hydrogens is 204 g/mol. The zero-order valence-corrected chi connectivity index (χ0v) is 9.80. The van der Waals surface area contributed by atoms with Crippen molar-refractivity contribution in [3.63, 3.8) is 0 Å². The van der Waals surface area contributed by atoms with Crippen LogP contribution in [0.2, 0.25) is 0 Å². The molecule has 0 aliphatic carbocycles. The third-order valence-corrected chi connectivity index (χ3v) is 2.65. The first-order chi connectivity index (χ1) is 7.79. The minimum Gasteiger partial charge on any atom is -0.382 e. The fourth-order valence-corrected chi connectivity index (χ4v) is 2.05. The lowest BCUT2D eigenvalue weighted by atomic mass is 10.2. The topological polar surface area (TPSA) is 34.6 Å². The van der Waals surface area contributed by atoms with E-state index < -0.39 is 0 Å². The molecule has 2 unspecified atom stereocenters. The Morgan fingerprint density at radius 2 is 2.38 bits per heavy atom. The van der Waals surface area contributed by atoms with Crippen LogP contribution in [0, 0.1) is 0 Å². The highest BCUT2D eigenvalue weighted by Crippen LogP contribution is 2.17. The number of methoxy groups -OCH3 is 1. The number of morpholine rings is 1. The SMILES string of the molecule is COCC1CN(c2ccccn2)CC(C)O1. The van der Waals surface area contributed by atoms with Crippen LogP contribution in [-0.2, 0) is 9.47 Å². The van der Waals surface area contributed by atoms with Gasteiger partial charge >= 0.3 is 0 Å². The molecule has 0 bridgehead atoms. The Hall–Kier alpha value is -1.13. The van der Waals surface area contributed by atoms with Crippen LogP contribution in [0.25, 0.3) is 0 Å². The second-order valence-corrected chi connectivity index (χ2v) is 4.12. The molecule has 88 valence electrons. The van der Waals surface area contributed by atoms with Gasteiger partial charge in [-0.25, -0.2) is 4.98 Å². The van der Waals surface area contributed by atoms with E-state index >= 15 is 0 Å². The maximum Gasteiger partial charge on any atom is 0.128 e. The molecule has 16 heavy (non-hydrogen) atoms. The standard InChI is InChI=1S/C12H18N2O2/c1-10-7-14(8-11(16-10)9-15-2)12-5-3-4-6-13-12/h3-6,10-11H,7-9H2,1-2H3. The van der Waals surface area contributed by atoms with Crippen LogP contribution in [0.5, 0.6) is 0 Å². The van der Waals surface area contributed by atoms with Crippen molar-refractivity contribution in [2.24, 2.45) is 0 Å². The van der Waals surface area contributed by atoms with Gasteiger partial charge < -0.3 is 14.4 Å². The Morgan fingerprint density at radius 3 is 3.06 bits per heavy atom. The van der Waals surface area contributed by atoms with Gasteiger partial charge in [0.1, 0.15) is 5.82 Å². The molecule has 1 saturated heterocycles. The molecule has 1 aliphatic rings. The maximum atomic E-state index is 5.78. The fraction of sp³-hybridized carbons (Fsp3) is 0.583. The van der Waals surface area contributed by atoms with Gasteiger partial charge in [0.05, 0.1) is 18.8 Å². The van der Waals surface area contributed by atoms with Crippen LogP contribution in [-0.4, -0.2) is 44.0 Å². The van der Waals surface area contributed by atoms with E-state index in [2.05, 4.69) is 16.8 Å². The van der Waals surface area contributed by atoms with Crippen LogP contribution in [0.3, 0.4) is 0 Å². The van der Waals surface area contributed by atoms with Crippen LogP contribution in [0.4, 0.5) is 5.82 Å². The van der Waals surface area contributed by atoms with E-state index in [1.807, 2.05) is 24.4 Å². The molecule has 0 N–H and O–H groups in total. The first kappa shape index (κ1) is 11.4. The quantitative estimate of drug-likeness (QED) is 0.772. The predicted molar refractivity (Wildman–Crippen MR) is 62.7 cm³/mol. The van der Waals surface area contributed by atoms with Crippen LogP contribution < -0.4 is 4.90 Å². The predicted octanol–water partition coefficient (Wildman–Crippen LogP) is 1.32. The number of rotatable bonds is 3. The van der Waals surface area contributed by atoms with E-state index in [0.29, 0.717) is 6.61 Å². The average molecular weight is 222 g/mol. The van der Waals surface area contributed by atoms with Gasteiger partial charge in [-0.05, 0) is 19.1 Å². The third kappa shape index (κ3) is 2.71. The molecule has 2 heterocycles. The van der Waals surface area contributed by atoms with Crippen LogP contribution >= 0.6 is 0 Å². The normalized spacial score (nSPS) is 25.8. The zero-order chi connectivity index (χ0) is 11.4. The first-order valence-electron chi connectivity index (χ1n) is 5.60. The maximum absolute atomic E-state index is 5.78. The monoisotopic (exact) mass is 222 g/mol. The summed E-state index contributed by atoms with van der Waals surface area (Å²) in [4.78, 5) is 6.61. The summed E-state index contributed by atoms with van der Waals surface area (Å²) in [5, 5.41) is 0. The zero-order valence-electron chi connectivity index (χ0n) is 9.80. The van der Waals surface area contributed by atoms with Crippen molar-refractivity contribution in [3.8, 4) is 0 Å². The molecule has 0 radical (unpaired) electrons. The molecule has 2 rings (SSSR count). The Labute approximate surface area is 96.2 Å². The van der Waals surface area contributed by atoms with Crippen molar-refractivity contribution < 1.29 is 9.47 Å². The third-order valence-electron chi connectivity index (χ3n) is 2.65. The van der Waals surface area contributed by atoms with E-state index in [0.717, 1.165) is 18.9 Å². The lowest BCUT2D eigenvalue weighted by Crippen LogP contribution is -2.48. The summed E-state index contributed by atoms with van der Waals surface area (Å²) in [6.07, 6.45) is 2.17. The van der Waals surface area contributed by atoms with Gasteiger partial charge in [0.15, 0.2) is 0 Å². The average Bonchev–Trinajstić information content (AvgIpc) is 2.30. The van der Waals surface area contributed by atoms with Crippen molar-refractivity contribution in [2.45, 2.75) is 19.1 Å². The lowest BCUT2D eigenvalue weighted by Gasteiger charge is -2.37. The van der Waals surface area contributed by atoms with Crippen molar-refractivity contribution in [2.75, 3.05) is 31.7 Å². The highest BCUT2D eigenvalue weighted by Gasteiger charge is 2.25. The number of aromatic nitrogens is 1. The van der Waals surface area contributed by atoms with Crippen molar-refractivity contribution >= 4 is 5.82 Å². The highest BCUT2D eigenvalue weighted by atomic mass is 16.5. The smallest absolute Gasteiger partial charge is 0.128 e. The van der Waals surface area contributed by atoms with Gasteiger partial charge in [0.25, 0.3) is 0 Å². The molecule has 2 atom stereocenters. The van der Waals surface area contributed by atoms with Gasteiger partial charge in [-0.2, -0.15) is 0 Å². The minimum absolute atomic E-state index is 0.135. The summed E-state index contributed by atoms with van der Waals surface area (Å²) in [5.74, 6) is 1.01. The summed E-state index contributed by atoms with van der Waals surface area (Å²) in [6, 6.07) is 5.97. The summed E-state index contributed by atoms with van der Waals surface area (Å²) in [6.45, 7) is 4.44. The fourth-order valence-electron chi connectivity index (χ4n) is 2.05. The first-order valence-corrected chi connectivity index (χ1v) is 5.60. The van der Waals surface area contributed by atoms with Crippen molar-refractivity contribution in [3.05, 3.63) is 24.4 Å². The molecule has 0 spiro atoms. The van der Waals surface area contributed by atoms with Crippen molar-refractivity contribution in [1.82, 2.24) is 4.98 Å². The van der Waals surface area contributed by atoms with Gasteiger partial charge in [-0.15, -0.1) is 0 Å². The second kappa shape index (κ2) is 5.27. The minimum atomic E-state index is 0.135. The number of pyridine rings is 1. The van der Waals surface area contributed by atoms with Gasteiger partial charge in [0, 0.05) is 26.4 Å². The summed E-state index contributed by atoms with van der Waals surface area (Å²) < 4.78 is 10.9. The highest BCUT2D eigenvalue weighted by molar-refractivity contribution is 5.38. The van der Waals surface area contributed by atoms with Gasteiger partial charge in [-0.1, -0.05) is 6.07 Å². The number of anilines is 1. The summed E-state index contributed by atoms with van der Waals surface area (Å²) >= 11 is 0. The Balaban J connectivity index is 2.04. The molecular formula is C12H18N2O2. The van der Waals surface area contributed by atoms with E-state index in [1.54, 1.807) is 7.11 Å². The van der Waals surface area contributed by atoms with E-state index in [4.69, 9.17) is 9.47 Å². The molecule has 1 fully saturated rings. The molecule has 4 heteroatoms. The summed E-state index contributed by atoms with van der Waals surface area (Å²) in [7, 11) is 1.70. The number of hydrogen-bond donors (Lipinski definition) is 0. The Kier molecular flexibility index (Phi) is 3.74. The molecule has 0 saturated carbocycles. The van der Waals surface area contributed by atoms with Crippen LogP contribution in [0.15, 0.2) is 24.4 Å². The molecule has 4 nitrogen and oxygen atoms in total. The number of nitrogens with zero attached hydrogens (tertiary/aromatic N) is 2. The van der Waals surface area contributed by atoms with E-state index in [9.17, 15) is 0 Å². The van der Waals surface area contributed by atoms with Crippen LogP contribution in [0.1, 0.15) is 6.92 Å². The largest absolute Gasteiger partial charge is 0.382 e. The van der Waals surface area contributed by atoms with Crippen molar-refractivity contribution in [1.29, 1.82) is 0 Å². The van der Waals surface area contributed by atoms with E-state index in [-0.39, 0.29) is 12.2 Å². The molecule has 1 aromatic heterocycles. The van der Waals surface area contributed by atoms with E-state index in [1.165, 1.54) is 0 Å².